The summed E-state index contributed by atoms with van der Waals surface area (Å²) in [5.74, 6) is 0.263. The fraction of sp³-hybridized carbons (Fsp3) is 0.615. The number of hydrogen-bond acceptors (Lipinski definition) is 3. The lowest BCUT2D eigenvalue weighted by Crippen LogP contribution is -2.49. The monoisotopic (exact) mass is 331 g/mol. The third-order valence-electron chi connectivity index (χ3n) is 3.12. The molecule has 1 unspecified atom stereocenters. The minimum atomic E-state index is 0.202. The third-order valence-corrected chi connectivity index (χ3v) is 4.80. The number of amides is 1. The quantitative estimate of drug-likeness (QED) is 0.776. The van der Waals surface area contributed by atoms with E-state index in [2.05, 4.69) is 33.4 Å². The smallest absolute Gasteiger partial charge is 0.223 e. The highest BCUT2D eigenvalue weighted by Crippen LogP contribution is 2.15. The maximum Gasteiger partial charge on any atom is 0.223 e. The van der Waals surface area contributed by atoms with Gasteiger partial charge >= 0.3 is 0 Å². The van der Waals surface area contributed by atoms with Crippen LogP contribution < -0.4 is 0 Å². The number of halogens is 1. The molecule has 2 rings (SSSR count). The summed E-state index contributed by atoms with van der Waals surface area (Å²) in [4.78, 5) is 15.5. The van der Waals surface area contributed by atoms with Crippen LogP contribution in [-0.2, 0) is 16.0 Å². The van der Waals surface area contributed by atoms with Crippen molar-refractivity contribution in [2.45, 2.75) is 25.3 Å². The van der Waals surface area contributed by atoms with Gasteiger partial charge in [-0.25, -0.2) is 0 Å². The fourth-order valence-electron chi connectivity index (χ4n) is 2.12. The van der Waals surface area contributed by atoms with Gasteiger partial charge in [-0.3, -0.25) is 4.79 Å². The first kappa shape index (κ1) is 14.0. The number of aryl methyl sites for hydroxylation is 1. The predicted molar refractivity (Wildman–Crippen MR) is 77.4 cm³/mol. The van der Waals surface area contributed by atoms with Crippen LogP contribution in [-0.4, -0.2) is 41.9 Å². The average Bonchev–Trinajstić information content (AvgIpc) is 2.91. The van der Waals surface area contributed by atoms with E-state index >= 15 is 0 Å². The van der Waals surface area contributed by atoms with Crippen molar-refractivity contribution < 1.29 is 9.53 Å². The van der Waals surface area contributed by atoms with Crippen molar-refractivity contribution in [1.29, 1.82) is 0 Å². The Morgan fingerprint density at radius 2 is 2.50 bits per heavy atom. The topological polar surface area (TPSA) is 29.5 Å². The zero-order valence-electron chi connectivity index (χ0n) is 10.3. The van der Waals surface area contributed by atoms with Crippen LogP contribution in [0.3, 0.4) is 0 Å². The number of thiophene rings is 1. The summed E-state index contributed by atoms with van der Waals surface area (Å²) in [6, 6.07) is 4.39. The van der Waals surface area contributed by atoms with Gasteiger partial charge in [0.1, 0.15) is 0 Å². The molecule has 0 aromatic carbocycles. The second kappa shape index (κ2) is 7.26. The molecule has 1 atom stereocenters. The molecular formula is C13H18BrNO2S. The number of alkyl halides is 1. The van der Waals surface area contributed by atoms with Crippen molar-refractivity contribution in [2.24, 2.45) is 0 Å². The maximum absolute atomic E-state index is 12.1. The van der Waals surface area contributed by atoms with Crippen LogP contribution >= 0.6 is 27.3 Å². The van der Waals surface area contributed by atoms with Crippen LogP contribution in [0.2, 0.25) is 0 Å². The first-order chi connectivity index (χ1) is 8.81. The molecule has 1 aliphatic rings. The van der Waals surface area contributed by atoms with Crippen LogP contribution in [0.25, 0.3) is 0 Å². The van der Waals surface area contributed by atoms with Gasteiger partial charge in [0.2, 0.25) is 5.91 Å². The van der Waals surface area contributed by atoms with Gasteiger partial charge in [0.15, 0.2) is 0 Å². The largest absolute Gasteiger partial charge is 0.377 e. The van der Waals surface area contributed by atoms with E-state index in [-0.39, 0.29) is 11.9 Å². The summed E-state index contributed by atoms with van der Waals surface area (Å²) >= 11 is 5.21. The number of ether oxygens (including phenoxy) is 1. The lowest BCUT2D eigenvalue weighted by molar-refractivity contribution is -0.138. The Balaban J connectivity index is 1.76. The van der Waals surface area contributed by atoms with Crippen LogP contribution in [0.5, 0.6) is 0 Å². The van der Waals surface area contributed by atoms with E-state index in [0.29, 0.717) is 19.6 Å². The molecule has 0 aliphatic carbocycles. The molecule has 0 spiro atoms. The van der Waals surface area contributed by atoms with Gasteiger partial charge in [-0.15, -0.1) is 11.3 Å². The molecule has 2 heterocycles. The second-order valence-corrected chi connectivity index (χ2v) is 6.08. The fourth-order valence-corrected chi connectivity index (χ4v) is 3.41. The van der Waals surface area contributed by atoms with E-state index in [4.69, 9.17) is 4.74 Å². The minimum absolute atomic E-state index is 0.202. The van der Waals surface area contributed by atoms with Gasteiger partial charge in [0.25, 0.3) is 0 Å². The van der Waals surface area contributed by atoms with Crippen LogP contribution in [0.15, 0.2) is 17.5 Å². The summed E-state index contributed by atoms with van der Waals surface area (Å²) in [5.41, 5.74) is 0. The Morgan fingerprint density at radius 3 is 3.22 bits per heavy atom. The first-order valence-electron chi connectivity index (χ1n) is 6.27. The van der Waals surface area contributed by atoms with Crippen molar-refractivity contribution in [3.8, 4) is 0 Å². The number of carbonyl (C=O) groups excluding carboxylic acids is 1. The number of hydrogen-bond donors (Lipinski definition) is 0. The first-order valence-corrected chi connectivity index (χ1v) is 8.27. The zero-order chi connectivity index (χ0) is 12.8. The molecule has 0 radical (unpaired) electrons. The van der Waals surface area contributed by atoms with E-state index in [0.717, 1.165) is 24.7 Å². The predicted octanol–water partition coefficient (Wildman–Crippen LogP) is 2.69. The molecule has 1 aromatic rings. The van der Waals surface area contributed by atoms with Gasteiger partial charge in [0.05, 0.1) is 19.3 Å². The van der Waals surface area contributed by atoms with Crippen molar-refractivity contribution in [3.63, 3.8) is 0 Å². The van der Waals surface area contributed by atoms with Crippen LogP contribution in [0.1, 0.15) is 17.7 Å². The number of rotatable bonds is 5. The van der Waals surface area contributed by atoms with Crippen molar-refractivity contribution >= 4 is 33.2 Å². The number of morpholine rings is 1. The van der Waals surface area contributed by atoms with E-state index < -0.39 is 0 Å². The third kappa shape index (κ3) is 3.80. The van der Waals surface area contributed by atoms with Crippen molar-refractivity contribution in [1.82, 2.24) is 4.90 Å². The van der Waals surface area contributed by atoms with Crippen molar-refractivity contribution in [3.05, 3.63) is 22.4 Å². The lowest BCUT2D eigenvalue weighted by Gasteiger charge is -2.34. The summed E-state index contributed by atoms with van der Waals surface area (Å²) in [7, 11) is 0. The summed E-state index contributed by atoms with van der Waals surface area (Å²) in [6.45, 7) is 2.05. The van der Waals surface area contributed by atoms with Gasteiger partial charge in [-0.1, -0.05) is 22.0 Å². The standard InChI is InChI=1S/C13H18BrNO2S/c14-9-11-10-17-7-6-15(11)13(16)5-1-3-12-4-2-8-18-12/h2,4,8,11H,1,3,5-7,9-10H2. The number of carbonyl (C=O) groups is 1. The molecular weight excluding hydrogens is 314 g/mol. The Kier molecular flexibility index (Phi) is 5.66. The molecule has 100 valence electrons. The average molecular weight is 332 g/mol. The highest BCUT2D eigenvalue weighted by Gasteiger charge is 2.25. The molecule has 0 bridgehead atoms. The van der Waals surface area contributed by atoms with Gasteiger partial charge in [-0.2, -0.15) is 0 Å². The minimum Gasteiger partial charge on any atom is -0.377 e. The summed E-state index contributed by atoms with van der Waals surface area (Å²) in [6.07, 6.45) is 2.58. The Morgan fingerprint density at radius 1 is 1.61 bits per heavy atom. The normalized spacial score (nSPS) is 20.1. The molecule has 1 fully saturated rings. The van der Waals surface area contributed by atoms with E-state index in [1.54, 1.807) is 11.3 Å². The van der Waals surface area contributed by atoms with E-state index in [9.17, 15) is 4.79 Å². The van der Waals surface area contributed by atoms with E-state index in [1.165, 1.54) is 4.88 Å². The summed E-state index contributed by atoms with van der Waals surface area (Å²) < 4.78 is 5.39. The Labute approximate surface area is 120 Å². The van der Waals surface area contributed by atoms with Crippen LogP contribution in [0.4, 0.5) is 0 Å². The molecule has 1 saturated heterocycles. The van der Waals surface area contributed by atoms with E-state index in [1.807, 2.05) is 4.90 Å². The second-order valence-electron chi connectivity index (χ2n) is 4.40. The Hall–Kier alpha value is -0.390. The zero-order valence-corrected chi connectivity index (χ0v) is 12.7. The molecule has 5 heteroatoms. The molecule has 0 N–H and O–H groups in total. The number of nitrogens with zero attached hydrogens (tertiary/aromatic N) is 1. The Bertz CT molecular complexity index is 369. The molecule has 3 nitrogen and oxygen atoms in total. The SMILES string of the molecule is O=C(CCCc1cccs1)N1CCOCC1CBr. The lowest BCUT2D eigenvalue weighted by atomic mass is 10.1. The van der Waals surface area contributed by atoms with Gasteiger partial charge < -0.3 is 9.64 Å². The summed E-state index contributed by atoms with van der Waals surface area (Å²) in [5, 5.41) is 2.88. The molecule has 18 heavy (non-hydrogen) atoms. The molecule has 1 amide bonds. The maximum atomic E-state index is 12.1. The highest BCUT2D eigenvalue weighted by atomic mass is 79.9. The van der Waals surface area contributed by atoms with Crippen LogP contribution in [0, 0.1) is 0 Å². The highest BCUT2D eigenvalue weighted by molar-refractivity contribution is 9.09. The van der Waals surface area contributed by atoms with Gasteiger partial charge in [0, 0.05) is 23.2 Å². The van der Waals surface area contributed by atoms with Gasteiger partial charge in [-0.05, 0) is 24.3 Å². The molecule has 0 saturated carbocycles. The van der Waals surface area contributed by atoms with Crippen molar-refractivity contribution in [2.75, 3.05) is 25.1 Å². The molecule has 1 aliphatic heterocycles. The molecule has 1 aromatic heterocycles.